The van der Waals surface area contributed by atoms with Gasteiger partial charge in [-0.1, -0.05) is 0 Å². The molecule has 0 saturated heterocycles. The van der Waals surface area contributed by atoms with Crippen molar-refractivity contribution < 1.29 is 4.57 Å². The predicted molar refractivity (Wildman–Crippen MR) is 27.0 cm³/mol. The highest BCUT2D eigenvalue weighted by Gasteiger charge is 1.66. The first-order valence-corrected chi connectivity index (χ1v) is 4.67. The summed E-state index contributed by atoms with van der Waals surface area (Å²) in [4.78, 5) is 0. The second-order valence-corrected chi connectivity index (χ2v) is 3.85. The van der Waals surface area contributed by atoms with E-state index in [4.69, 9.17) is 2.56 Å². The summed E-state index contributed by atoms with van der Waals surface area (Å²) < 4.78 is 22.8. The van der Waals surface area contributed by atoms with Gasteiger partial charge in [0.25, 0.3) is 2.56 Å². The maximum absolute atomic E-state index is 9.58. The molecule has 2 atom stereocenters. The van der Waals surface area contributed by atoms with E-state index in [9.17, 15) is 4.57 Å². The van der Waals surface area contributed by atoms with E-state index >= 15 is 0 Å². The number of rotatable bonds is 1. The van der Waals surface area contributed by atoms with Gasteiger partial charge in [0.05, 0.1) is 7.85 Å². The fourth-order valence-electron chi connectivity index (χ4n) is 0. The van der Waals surface area contributed by atoms with Gasteiger partial charge in [0, 0.05) is 8.93 Å². The molecule has 0 bridgehead atoms. The van der Waals surface area contributed by atoms with E-state index in [0.29, 0.717) is 0 Å². The van der Waals surface area contributed by atoms with Gasteiger partial charge in [-0.2, -0.15) is 0 Å². The second-order valence-electron chi connectivity index (χ2n) is 0.197. The van der Waals surface area contributed by atoms with Crippen molar-refractivity contribution in [2.75, 3.05) is 0 Å². The van der Waals surface area contributed by atoms with Crippen molar-refractivity contribution in [3.8, 4) is 0 Å². The third kappa shape index (κ3) is 2.96. The summed E-state index contributed by atoms with van der Waals surface area (Å²) in [5.74, 6) is 0. The van der Waals surface area contributed by atoms with Gasteiger partial charge in [-0.05, 0) is 0 Å². The number of hydrogen-bond acceptors (Lipinski definition) is 1. The van der Waals surface area contributed by atoms with Gasteiger partial charge in [-0.25, -0.2) is 4.57 Å². The molecule has 0 aromatic heterocycles. The fraction of sp³-hybridized carbons (Fsp3) is 0. The lowest BCUT2D eigenvalue weighted by atomic mass is 16.0. The van der Waals surface area contributed by atoms with Gasteiger partial charge in [0.2, 0.25) is 0 Å². The SMILES string of the molecule is [2H][P+]([3H])(P)P=O. The van der Waals surface area contributed by atoms with Crippen LogP contribution in [0.5, 0.6) is 0 Å². The molecular formula is H4OP3+. The quantitative estimate of drug-likeness (QED) is 0.473. The molecule has 0 fully saturated rings. The second kappa shape index (κ2) is 3.96. The summed E-state index contributed by atoms with van der Waals surface area (Å²) in [5.41, 5.74) is 0. The van der Waals surface area contributed by atoms with Crippen molar-refractivity contribution in [2.24, 2.45) is 0 Å². The molecule has 4 heteroatoms. The molecule has 0 rings (SSSR count). The monoisotopic (exact) mass is 116 g/mol. The van der Waals surface area contributed by atoms with Gasteiger partial charge in [0.15, 0.2) is 0 Å². The van der Waals surface area contributed by atoms with E-state index in [1.54, 1.807) is 0 Å². The van der Waals surface area contributed by atoms with E-state index in [0.717, 1.165) is 0 Å². The van der Waals surface area contributed by atoms with Crippen LogP contribution in [0.25, 0.3) is 0 Å². The summed E-state index contributed by atoms with van der Waals surface area (Å²) in [5, 5.41) is 0. The zero-order chi connectivity index (χ0) is 5.21. The van der Waals surface area contributed by atoms with Crippen LogP contribution in [0.4, 0.5) is 0 Å². The zero-order valence-electron chi connectivity index (χ0n) is 3.88. The van der Waals surface area contributed by atoms with E-state index in [1.165, 1.54) is 0 Å². The third-order valence-corrected chi connectivity index (χ3v) is 1.27. The molecule has 0 amide bonds. The zero-order valence-corrected chi connectivity index (χ0v) is 4.82. The Bertz CT molecular complexity index is 54.3. The third-order valence-electron chi connectivity index (χ3n) is 0.0471. The molecule has 2 unspecified atom stereocenters. The van der Waals surface area contributed by atoms with Crippen molar-refractivity contribution in [2.45, 2.75) is 0 Å². The molecule has 4 heavy (non-hydrogen) atoms. The van der Waals surface area contributed by atoms with Crippen LogP contribution >= 0.6 is 24.9 Å². The lowest BCUT2D eigenvalue weighted by Gasteiger charge is -1.38. The molecule has 1 nitrogen and oxygen atoms in total. The minimum Gasteiger partial charge on any atom is -0.227 e. The van der Waals surface area contributed by atoms with Crippen LogP contribution in [-0.4, -0.2) is 2.56 Å². The van der Waals surface area contributed by atoms with Gasteiger partial charge >= 0.3 is 8.15 Å². The van der Waals surface area contributed by atoms with Crippen molar-refractivity contribution in [1.29, 1.82) is 2.56 Å². The highest BCUT2D eigenvalue weighted by atomic mass is 32.4. The molecule has 0 aromatic carbocycles. The van der Waals surface area contributed by atoms with Crippen LogP contribution in [-0.2, 0) is 4.57 Å². The van der Waals surface area contributed by atoms with E-state index < -0.39 is 7.85 Å². The predicted octanol–water partition coefficient (Wildman–Crippen LogP) is 1.39. The molecule has 0 aromatic rings. The molecule has 0 N–H and O–H groups in total. The maximum atomic E-state index is 9.58. The summed E-state index contributed by atoms with van der Waals surface area (Å²) in [6.07, 6.45) is 0. The van der Waals surface area contributed by atoms with Crippen LogP contribution in [0.1, 0.15) is 0 Å². The molecule has 0 radical (unpaired) electrons. The smallest absolute Gasteiger partial charge is 0.227 e. The molecule has 0 aliphatic rings. The van der Waals surface area contributed by atoms with Gasteiger partial charge in [-0.3, -0.25) is 0 Å². The van der Waals surface area contributed by atoms with Gasteiger partial charge in [-0.15, -0.1) is 0 Å². The average molecular weight is 116 g/mol. The Labute approximate surface area is 33.1 Å². The van der Waals surface area contributed by atoms with Crippen molar-refractivity contribution >= 4 is 24.9 Å². The minimum atomic E-state index is -2.56. The Morgan fingerprint density at radius 3 is 3.25 bits per heavy atom. The molecule has 0 spiro atoms. The van der Waals surface area contributed by atoms with E-state index in [-0.39, 0.29) is 8.15 Å². The van der Waals surface area contributed by atoms with Crippen LogP contribution in [0.3, 0.4) is 0 Å². The van der Waals surface area contributed by atoms with E-state index in [2.05, 4.69) is 0 Å². The Kier molecular flexibility index (Phi) is 2.17. The Morgan fingerprint density at radius 1 is 3.00 bits per heavy atom. The van der Waals surface area contributed by atoms with Crippen molar-refractivity contribution in [3.63, 3.8) is 0 Å². The largest absolute Gasteiger partial charge is 0.340 e. The fourth-order valence-corrected chi connectivity index (χ4v) is 0. The summed E-state index contributed by atoms with van der Waals surface area (Å²) in [6.45, 7) is 0. The van der Waals surface area contributed by atoms with Crippen molar-refractivity contribution in [3.05, 3.63) is 0 Å². The van der Waals surface area contributed by atoms with Crippen LogP contribution < -0.4 is 0 Å². The van der Waals surface area contributed by atoms with Crippen molar-refractivity contribution in [1.82, 2.24) is 0 Å². The molecule has 24 valence electrons. The van der Waals surface area contributed by atoms with Crippen LogP contribution in [0.2, 0.25) is 0 Å². The summed E-state index contributed by atoms with van der Waals surface area (Å²) in [6, 6.07) is 0. The molecule has 0 aliphatic heterocycles. The lowest BCUT2D eigenvalue weighted by molar-refractivity contribution is 0.605. The van der Waals surface area contributed by atoms with Crippen LogP contribution in [0.15, 0.2) is 0 Å². The normalized spacial score (nSPS) is 31.2. The molecule has 0 saturated carbocycles. The van der Waals surface area contributed by atoms with Gasteiger partial charge < -0.3 is 0 Å². The first-order chi connectivity index (χ1) is 2.56. The minimum absolute atomic E-state index is 0.368. The van der Waals surface area contributed by atoms with E-state index in [1.807, 2.05) is 8.93 Å². The Balaban J connectivity index is 3.45. The first kappa shape index (κ1) is 2.19. The standard InChI is InChI=1S/H3OP3/c1-3-4-2/h4H,2H2/p+1/i4T/hD. The maximum Gasteiger partial charge on any atom is 0.340 e. The lowest BCUT2D eigenvalue weighted by Crippen LogP contribution is -0.805. The molecule has 0 aliphatic carbocycles. The first-order valence-electron chi connectivity index (χ1n) is 1.54. The summed E-state index contributed by atoms with van der Waals surface area (Å²) >= 11 is 0. The average Bonchev–Trinajstić information content (AvgIpc) is 1.35. The summed E-state index contributed by atoms with van der Waals surface area (Å²) in [7, 11) is -1.02. The molecular weight excluding hydrogens is 109 g/mol. The highest BCUT2D eigenvalue weighted by Crippen LogP contribution is 2.33. The topological polar surface area (TPSA) is 17.1 Å². The highest BCUT2D eigenvalue weighted by molar-refractivity contribution is 8.35. The Hall–Kier alpha value is 0.960. The van der Waals surface area contributed by atoms with Gasteiger partial charge in [0.1, 0.15) is 0 Å². The van der Waals surface area contributed by atoms with Crippen LogP contribution in [0, 0.1) is 0 Å². The Morgan fingerprint density at radius 2 is 3.25 bits per heavy atom. The number of hydrogen-bond donors (Lipinski definition) is 0. The molecule has 0 heterocycles.